The summed E-state index contributed by atoms with van der Waals surface area (Å²) in [4.78, 5) is 16.5. The lowest BCUT2D eigenvalue weighted by atomic mass is 9.76. The number of nitrogens with zero attached hydrogens (tertiary/aromatic N) is 2. The van der Waals surface area contributed by atoms with Crippen molar-refractivity contribution in [1.82, 2.24) is 20.8 Å². The maximum Gasteiger partial charge on any atom is 0.315 e. The van der Waals surface area contributed by atoms with E-state index in [2.05, 4.69) is 20.8 Å². The molecule has 1 aliphatic carbocycles. The zero-order valence-corrected chi connectivity index (χ0v) is 15.2. The van der Waals surface area contributed by atoms with Gasteiger partial charge in [-0.1, -0.05) is 45.2 Å². The Morgan fingerprint density at radius 2 is 1.92 bits per heavy atom. The molecule has 0 aliphatic heterocycles. The molecule has 0 aromatic carbocycles. The monoisotopic (exact) mass is 338 g/mol. The van der Waals surface area contributed by atoms with Crippen molar-refractivity contribution in [3.63, 3.8) is 0 Å². The molecule has 1 saturated carbocycles. The molecular formula is C17H30N4O3. The Bertz CT molecular complexity index is 546. The molecule has 1 atom stereocenters. The van der Waals surface area contributed by atoms with Crippen LogP contribution in [0, 0.1) is 5.92 Å². The molecule has 7 heteroatoms. The largest absolute Gasteiger partial charge is 0.394 e. The van der Waals surface area contributed by atoms with Crippen molar-refractivity contribution >= 4 is 6.03 Å². The van der Waals surface area contributed by atoms with Crippen molar-refractivity contribution in [3.8, 4) is 0 Å². The van der Waals surface area contributed by atoms with Gasteiger partial charge in [0.25, 0.3) is 0 Å². The Morgan fingerprint density at radius 3 is 2.46 bits per heavy atom. The topological polar surface area (TPSA) is 100 Å². The van der Waals surface area contributed by atoms with Crippen LogP contribution in [0.25, 0.3) is 0 Å². The smallest absolute Gasteiger partial charge is 0.315 e. The molecule has 3 N–H and O–H groups in total. The van der Waals surface area contributed by atoms with E-state index < -0.39 is 5.54 Å². The molecule has 0 bridgehead atoms. The molecule has 0 spiro atoms. The number of hydrogen-bond acceptors (Lipinski definition) is 5. The maximum absolute atomic E-state index is 12.2. The first-order valence-electron chi connectivity index (χ1n) is 8.74. The van der Waals surface area contributed by atoms with E-state index in [0.29, 0.717) is 17.6 Å². The molecule has 0 unspecified atom stereocenters. The van der Waals surface area contributed by atoms with Crippen molar-refractivity contribution < 1.29 is 14.4 Å². The average Bonchev–Trinajstić information content (AvgIpc) is 3.03. The van der Waals surface area contributed by atoms with E-state index in [1.54, 1.807) is 0 Å². The summed E-state index contributed by atoms with van der Waals surface area (Å²) < 4.78 is 5.21. The zero-order chi connectivity index (χ0) is 17.8. The summed E-state index contributed by atoms with van der Waals surface area (Å²) in [5, 5.41) is 19.3. The van der Waals surface area contributed by atoms with Crippen LogP contribution in [0.15, 0.2) is 4.52 Å². The lowest BCUT2D eigenvalue weighted by Crippen LogP contribution is -2.57. The van der Waals surface area contributed by atoms with E-state index in [1.807, 2.05) is 27.7 Å². The van der Waals surface area contributed by atoms with E-state index in [0.717, 1.165) is 25.7 Å². The number of amides is 2. The van der Waals surface area contributed by atoms with Gasteiger partial charge in [-0.05, 0) is 25.7 Å². The Morgan fingerprint density at radius 1 is 1.25 bits per heavy atom. The lowest BCUT2D eigenvalue weighted by molar-refractivity contribution is 0.101. The predicted octanol–water partition coefficient (Wildman–Crippen LogP) is 2.50. The van der Waals surface area contributed by atoms with Crippen LogP contribution in [0.3, 0.4) is 0 Å². The summed E-state index contributed by atoms with van der Waals surface area (Å²) in [6, 6.07) is -0.320. The minimum Gasteiger partial charge on any atom is -0.394 e. The summed E-state index contributed by atoms with van der Waals surface area (Å²) >= 11 is 0. The number of carbonyl (C=O) groups is 1. The Balaban J connectivity index is 1.88. The SMILES string of the molecule is CC(C)(C)c1nc(CNC(=O)N[C@](C)(CO)C2CCCCC2)no1. The van der Waals surface area contributed by atoms with Gasteiger partial charge in [-0.15, -0.1) is 0 Å². The normalized spacial score (nSPS) is 18.9. The quantitative estimate of drug-likeness (QED) is 0.766. The molecule has 1 aromatic heterocycles. The van der Waals surface area contributed by atoms with Gasteiger partial charge >= 0.3 is 6.03 Å². The minimum absolute atomic E-state index is 0.0680. The first kappa shape index (κ1) is 18.7. The van der Waals surface area contributed by atoms with Crippen LogP contribution in [0.2, 0.25) is 0 Å². The molecule has 0 radical (unpaired) electrons. The van der Waals surface area contributed by atoms with Gasteiger partial charge in [-0.2, -0.15) is 4.98 Å². The molecule has 0 saturated heterocycles. The molecule has 136 valence electrons. The van der Waals surface area contributed by atoms with E-state index in [9.17, 15) is 9.90 Å². The van der Waals surface area contributed by atoms with Crippen molar-refractivity contribution in [2.75, 3.05) is 6.61 Å². The highest BCUT2D eigenvalue weighted by atomic mass is 16.5. The van der Waals surface area contributed by atoms with Gasteiger partial charge in [0.1, 0.15) is 0 Å². The average molecular weight is 338 g/mol. The van der Waals surface area contributed by atoms with Crippen molar-refractivity contribution in [2.45, 2.75) is 77.3 Å². The fourth-order valence-electron chi connectivity index (χ4n) is 3.10. The van der Waals surface area contributed by atoms with Crippen LogP contribution in [0.5, 0.6) is 0 Å². The Hall–Kier alpha value is -1.63. The Kier molecular flexibility index (Phi) is 5.85. The van der Waals surface area contributed by atoms with Crippen molar-refractivity contribution in [2.24, 2.45) is 5.92 Å². The van der Waals surface area contributed by atoms with Crippen LogP contribution in [0.4, 0.5) is 4.79 Å². The van der Waals surface area contributed by atoms with Gasteiger partial charge in [-0.25, -0.2) is 4.79 Å². The summed E-state index contributed by atoms with van der Waals surface area (Å²) in [7, 11) is 0. The summed E-state index contributed by atoms with van der Waals surface area (Å²) in [5.41, 5.74) is -0.817. The standard InChI is InChI=1S/C17H30N4O3/c1-16(2,3)14-19-13(21-24-14)10-18-15(23)20-17(4,11-22)12-8-6-5-7-9-12/h12,22H,5-11H2,1-4H3,(H2,18,20,23)/t17-/m1/s1. The Labute approximate surface area is 143 Å². The number of hydrogen-bond donors (Lipinski definition) is 3. The lowest BCUT2D eigenvalue weighted by Gasteiger charge is -2.39. The first-order valence-corrected chi connectivity index (χ1v) is 8.74. The number of carbonyl (C=O) groups excluding carboxylic acids is 1. The second kappa shape index (κ2) is 7.51. The third-order valence-corrected chi connectivity index (χ3v) is 4.75. The van der Waals surface area contributed by atoms with Crippen LogP contribution in [-0.4, -0.2) is 33.4 Å². The minimum atomic E-state index is -0.599. The van der Waals surface area contributed by atoms with Crippen molar-refractivity contribution in [3.05, 3.63) is 11.7 Å². The van der Waals surface area contributed by atoms with Gasteiger partial charge in [0.05, 0.1) is 18.7 Å². The van der Waals surface area contributed by atoms with E-state index >= 15 is 0 Å². The molecule has 1 heterocycles. The molecule has 1 fully saturated rings. The number of aliphatic hydroxyl groups is 1. The van der Waals surface area contributed by atoms with E-state index in [4.69, 9.17) is 4.52 Å². The highest BCUT2D eigenvalue weighted by molar-refractivity contribution is 5.74. The van der Waals surface area contributed by atoms with Gasteiger partial charge in [0, 0.05) is 5.41 Å². The predicted molar refractivity (Wildman–Crippen MR) is 90.4 cm³/mol. The second-order valence-corrected chi connectivity index (χ2v) is 7.98. The molecule has 7 nitrogen and oxygen atoms in total. The third kappa shape index (κ3) is 4.69. The van der Waals surface area contributed by atoms with Gasteiger partial charge in [0.15, 0.2) is 5.82 Å². The third-order valence-electron chi connectivity index (χ3n) is 4.75. The van der Waals surface area contributed by atoms with Crippen LogP contribution < -0.4 is 10.6 Å². The van der Waals surface area contributed by atoms with Crippen LogP contribution >= 0.6 is 0 Å². The fraction of sp³-hybridized carbons (Fsp3) is 0.824. The number of rotatable bonds is 5. The van der Waals surface area contributed by atoms with Crippen LogP contribution in [-0.2, 0) is 12.0 Å². The number of urea groups is 1. The van der Waals surface area contributed by atoms with E-state index in [1.165, 1.54) is 6.42 Å². The summed E-state index contributed by atoms with van der Waals surface area (Å²) in [5.74, 6) is 1.29. The first-order chi connectivity index (χ1) is 11.2. The highest BCUT2D eigenvalue weighted by Gasteiger charge is 2.35. The number of nitrogens with one attached hydrogen (secondary N) is 2. The van der Waals surface area contributed by atoms with Gasteiger partial charge < -0.3 is 20.3 Å². The number of aliphatic hydroxyl groups excluding tert-OH is 1. The summed E-state index contributed by atoms with van der Waals surface area (Å²) in [6.45, 7) is 8.00. The highest BCUT2D eigenvalue weighted by Crippen LogP contribution is 2.32. The number of aromatic nitrogens is 2. The van der Waals surface area contributed by atoms with Crippen molar-refractivity contribution in [1.29, 1.82) is 0 Å². The fourth-order valence-corrected chi connectivity index (χ4v) is 3.10. The molecule has 24 heavy (non-hydrogen) atoms. The van der Waals surface area contributed by atoms with Gasteiger partial charge in [-0.3, -0.25) is 0 Å². The zero-order valence-electron chi connectivity index (χ0n) is 15.2. The molecule has 1 aliphatic rings. The molecule has 2 amide bonds. The summed E-state index contributed by atoms with van der Waals surface area (Å²) in [6.07, 6.45) is 5.62. The second-order valence-electron chi connectivity index (χ2n) is 7.98. The van der Waals surface area contributed by atoms with Crippen LogP contribution in [0.1, 0.15) is 71.5 Å². The maximum atomic E-state index is 12.2. The van der Waals surface area contributed by atoms with E-state index in [-0.39, 0.29) is 24.6 Å². The molecule has 1 aromatic rings. The molecule has 2 rings (SSSR count). The molecular weight excluding hydrogens is 308 g/mol. The van der Waals surface area contributed by atoms with Gasteiger partial charge in [0.2, 0.25) is 5.89 Å².